The first-order valence-corrected chi connectivity index (χ1v) is 16.9. The topological polar surface area (TPSA) is 131 Å². The number of halogens is 2. The molecule has 1 aromatic carbocycles. The molecule has 0 bridgehead atoms. The second-order valence-electron chi connectivity index (χ2n) is 11.9. The Hall–Kier alpha value is -4.80. The van der Waals surface area contributed by atoms with Crippen molar-refractivity contribution < 1.29 is 8.78 Å². The Bertz CT molecular complexity index is 2340. The number of pyridine rings is 3. The van der Waals surface area contributed by atoms with E-state index >= 15 is 8.78 Å². The Morgan fingerprint density at radius 3 is 2.15 bits per heavy atom. The van der Waals surface area contributed by atoms with Crippen molar-refractivity contribution in [2.24, 2.45) is 0 Å². The summed E-state index contributed by atoms with van der Waals surface area (Å²) >= 11 is 1.13. The van der Waals surface area contributed by atoms with Crippen LogP contribution in [0.15, 0.2) is 40.2 Å². The Kier molecular flexibility index (Phi) is 7.64. The van der Waals surface area contributed by atoms with Gasteiger partial charge in [-0.3, -0.25) is 9.59 Å². The highest BCUT2D eigenvalue weighted by Gasteiger charge is 2.25. The van der Waals surface area contributed by atoms with Gasteiger partial charge in [0.25, 0.3) is 0 Å². The molecule has 16 heteroatoms. The number of aromatic nitrogens is 7. The van der Waals surface area contributed by atoms with Crippen molar-refractivity contribution in [3.63, 3.8) is 0 Å². The van der Waals surface area contributed by atoms with E-state index in [0.29, 0.717) is 66.1 Å². The van der Waals surface area contributed by atoms with E-state index in [1.165, 1.54) is 16.6 Å². The number of nitrogens with one attached hydrogen (secondary N) is 2. The third kappa shape index (κ3) is 4.93. The molecular weight excluding hydrogens is 640 g/mol. The van der Waals surface area contributed by atoms with Crippen LogP contribution in [0.4, 0.5) is 20.3 Å². The Morgan fingerprint density at radius 1 is 0.792 bits per heavy atom. The Morgan fingerprint density at radius 2 is 1.44 bits per heavy atom. The number of rotatable bonds is 6. The van der Waals surface area contributed by atoms with Gasteiger partial charge >= 0.3 is 0 Å². The Balaban J connectivity index is 1.23. The summed E-state index contributed by atoms with van der Waals surface area (Å²) in [6, 6.07) is 4.31. The first kappa shape index (κ1) is 30.5. The van der Waals surface area contributed by atoms with Gasteiger partial charge in [0.1, 0.15) is 11.5 Å². The van der Waals surface area contributed by atoms with Gasteiger partial charge in [0.15, 0.2) is 22.5 Å². The van der Waals surface area contributed by atoms with E-state index in [2.05, 4.69) is 30.9 Å². The van der Waals surface area contributed by atoms with Crippen LogP contribution in [0.1, 0.15) is 13.8 Å². The average molecular weight is 674 g/mol. The van der Waals surface area contributed by atoms with E-state index in [-0.39, 0.29) is 33.5 Å². The summed E-state index contributed by atoms with van der Waals surface area (Å²) in [5.41, 5.74) is 1.15. The van der Waals surface area contributed by atoms with Crippen molar-refractivity contribution in [3.8, 4) is 22.0 Å². The number of aryl methyl sites for hydroxylation is 2. The third-order valence-electron chi connectivity index (χ3n) is 9.15. The summed E-state index contributed by atoms with van der Waals surface area (Å²) in [5, 5.41) is 20.5. The largest absolute Gasteiger partial charge is 0.367 e. The predicted octanol–water partition coefficient (Wildman–Crippen LogP) is 2.68. The van der Waals surface area contributed by atoms with Gasteiger partial charge in [0, 0.05) is 83.2 Å². The van der Waals surface area contributed by atoms with Crippen molar-refractivity contribution in [3.05, 3.63) is 62.7 Å². The lowest BCUT2D eigenvalue weighted by Gasteiger charge is -2.30. The maximum Gasteiger partial charge on any atom is 0.235 e. The zero-order valence-corrected chi connectivity index (χ0v) is 27.3. The fourth-order valence-corrected chi connectivity index (χ4v) is 7.48. The zero-order valence-electron chi connectivity index (χ0n) is 26.5. The van der Waals surface area contributed by atoms with Gasteiger partial charge in [-0.25, -0.2) is 13.8 Å². The Labute approximate surface area is 276 Å². The number of hydrogen-bond acceptors (Lipinski definition) is 11. The fourth-order valence-electron chi connectivity index (χ4n) is 6.63. The summed E-state index contributed by atoms with van der Waals surface area (Å²) in [5.74, 6) is -0.604. The summed E-state index contributed by atoms with van der Waals surface area (Å²) in [4.78, 5) is 36.6. The van der Waals surface area contributed by atoms with E-state index in [9.17, 15) is 9.59 Å². The average Bonchev–Trinajstić information content (AvgIpc) is 3.71. The van der Waals surface area contributed by atoms with Crippen molar-refractivity contribution >= 4 is 49.7 Å². The van der Waals surface area contributed by atoms with Crippen LogP contribution < -0.4 is 31.3 Å². The molecule has 6 aromatic rings. The maximum absolute atomic E-state index is 15.5. The number of nitrogens with zero attached hydrogens (tertiary/aromatic N) is 9. The molecule has 8 rings (SSSR count). The molecule has 0 amide bonds. The van der Waals surface area contributed by atoms with Crippen LogP contribution in [0, 0.1) is 11.6 Å². The molecule has 248 valence electrons. The third-order valence-corrected chi connectivity index (χ3v) is 10.1. The fraction of sp³-hybridized carbons (Fsp3) is 0.375. The molecule has 0 aliphatic carbocycles. The highest BCUT2D eigenvalue weighted by atomic mass is 32.1. The van der Waals surface area contributed by atoms with Gasteiger partial charge in [-0.15, -0.1) is 10.2 Å². The molecule has 0 radical (unpaired) electrons. The number of anilines is 2. The lowest BCUT2D eigenvalue weighted by atomic mass is 10.1. The minimum atomic E-state index is -0.554. The van der Waals surface area contributed by atoms with Crippen LogP contribution in [0.25, 0.3) is 48.9 Å². The molecule has 2 saturated heterocycles. The van der Waals surface area contributed by atoms with E-state index in [4.69, 9.17) is 0 Å². The second kappa shape index (κ2) is 12.0. The van der Waals surface area contributed by atoms with Gasteiger partial charge in [0.05, 0.1) is 27.7 Å². The van der Waals surface area contributed by atoms with Gasteiger partial charge in [-0.2, -0.15) is 9.61 Å². The molecule has 48 heavy (non-hydrogen) atoms. The van der Waals surface area contributed by atoms with E-state index < -0.39 is 22.5 Å². The highest BCUT2D eigenvalue weighted by molar-refractivity contribution is 7.19. The van der Waals surface area contributed by atoms with Crippen LogP contribution in [-0.4, -0.2) is 86.3 Å². The number of piperazine rings is 2. The molecular formula is C32H33F2N11O2S. The first-order chi connectivity index (χ1) is 23.4. The summed E-state index contributed by atoms with van der Waals surface area (Å²) in [6.45, 7) is 10.4. The smallest absolute Gasteiger partial charge is 0.235 e. The van der Waals surface area contributed by atoms with Crippen LogP contribution in [0.5, 0.6) is 0 Å². The van der Waals surface area contributed by atoms with Crippen LogP contribution in [0.2, 0.25) is 0 Å². The predicted molar refractivity (Wildman–Crippen MR) is 182 cm³/mol. The van der Waals surface area contributed by atoms with Gasteiger partial charge in [0.2, 0.25) is 15.8 Å². The molecule has 5 aromatic heterocycles. The monoisotopic (exact) mass is 673 g/mol. The number of benzene rings is 1. The van der Waals surface area contributed by atoms with Crippen molar-refractivity contribution in [2.45, 2.75) is 26.9 Å². The van der Waals surface area contributed by atoms with Gasteiger partial charge < -0.3 is 29.6 Å². The zero-order chi connectivity index (χ0) is 33.1. The maximum atomic E-state index is 15.5. The number of hydrogen-bond donors (Lipinski definition) is 2. The van der Waals surface area contributed by atoms with E-state index in [1.54, 1.807) is 18.5 Å². The molecule has 2 aliphatic rings. The molecule has 2 aliphatic heterocycles. The normalized spacial score (nSPS) is 15.8. The van der Waals surface area contributed by atoms with Crippen LogP contribution in [0.3, 0.4) is 0 Å². The van der Waals surface area contributed by atoms with E-state index in [0.717, 1.165) is 37.5 Å². The number of fused-ring (bicyclic) bond motifs is 3. The SMILES string of the molecule is CCn1cc(-c2nnc3sc(-c4cn(CC)c5nc(N6CCNCC6)c(F)cc5c4=O)nn23)c(=O)c2cc(F)c(N3CCNCC3)cc21. The van der Waals surface area contributed by atoms with Crippen LogP contribution >= 0.6 is 11.3 Å². The van der Waals surface area contributed by atoms with Crippen molar-refractivity contribution in [1.29, 1.82) is 0 Å². The molecule has 2 N–H and O–H groups in total. The van der Waals surface area contributed by atoms with E-state index in [1.807, 2.05) is 32.8 Å². The molecule has 0 spiro atoms. The quantitative estimate of drug-likeness (QED) is 0.272. The minimum absolute atomic E-state index is 0.152. The lowest BCUT2D eigenvalue weighted by molar-refractivity contribution is 0.559. The van der Waals surface area contributed by atoms with Crippen LogP contribution in [-0.2, 0) is 13.1 Å². The molecule has 13 nitrogen and oxygen atoms in total. The first-order valence-electron chi connectivity index (χ1n) is 16.1. The molecule has 0 atom stereocenters. The standard InChI is InChI=1S/C32H33F2N11O2S/c1-3-41-16-20(26(46)18-13-22(33)25(15-24(18)41)43-9-5-35-6-10-43)29-38-39-32-45(29)40-31(48-32)21-17-42(4-2)28-19(27(21)47)14-23(34)30(37-28)44-11-7-36-8-12-44/h13-17,35-36H,3-12H2,1-2H3. The molecule has 0 saturated carbocycles. The summed E-state index contributed by atoms with van der Waals surface area (Å²) in [7, 11) is 0. The molecule has 7 heterocycles. The van der Waals surface area contributed by atoms with Gasteiger partial charge in [-0.1, -0.05) is 11.3 Å². The lowest BCUT2D eigenvalue weighted by Crippen LogP contribution is -2.44. The minimum Gasteiger partial charge on any atom is -0.367 e. The second-order valence-corrected chi connectivity index (χ2v) is 12.9. The highest BCUT2D eigenvalue weighted by Crippen LogP contribution is 2.31. The summed E-state index contributed by atoms with van der Waals surface area (Å²) in [6.07, 6.45) is 3.38. The van der Waals surface area contributed by atoms with Crippen molar-refractivity contribution in [1.82, 2.24) is 44.6 Å². The molecule has 2 fully saturated rings. The van der Waals surface area contributed by atoms with Gasteiger partial charge in [-0.05, 0) is 32.0 Å². The molecule has 0 unspecified atom stereocenters. The van der Waals surface area contributed by atoms with Crippen molar-refractivity contribution in [2.75, 3.05) is 62.2 Å². The summed E-state index contributed by atoms with van der Waals surface area (Å²) < 4.78 is 36.0.